The number of para-hydroxylation sites is 2. The first kappa shape index (κ1) is 39.7. The van der Waals surface area contributed by atoms with Crippen LogP contribution < -0.4 is 0 Å². The van der Waals surface area contributed by atoms with Crippen LogP contribution in [0.5, 0.6) is 0 Å². The molecule has 0 spiro atoms. The third kappa shape index (κ3) is 6.57. The second-order valence-corrected chi connectivity index (χ2v) is 15.7. The van der Waals surface area contributed by atoms with E-state index < -0.39 is 11.7 Å². The maximum atomic E-state index is 14.1. The van der Waals surface area contributed by atoms with Crippen LogP contribution in [-0.4, -0.2) is 9.13 Å². The fourth-order valence-corrected chi connectivity index (χ4v) is 9.03. The minimum absolute atomic E-state index is 0.281. The summed E-state index contributed by atoms with van der Waals surface area (Å²) in [4.78, 5) is 7.20. The Morgan fingerprint density at radius 3 is 1.38 bits per heavy atom. The molecule has 0 aliphatic heterocycles. The quantitative estimate of drug-likeness (QED) is 0.162. The van der Waals surface area contributed by atoms with E-state index in [0.29, 0.717) is 61.7 Å². The van der Waals surface area contributed by atoms with Gasteiger partial charge in [-0.1, -0.05) is 66.7 Å². The highest BCUT2D eigenvalue weighted by atomic mass is 19.4. The van der Waals surface area contributed by atoms with E-state index >= 15 is 0 Å². The van der Waals surface area contributed by atoms with E-state index in [0.717, 1.165) is 66.9 Å². The number of hydrogen-bond acceptors (Lipinski definition) is 3. The minimum Gasteiger partial charge on any atom is -0.308 e. The molecule has 8 aromatic carbocycles. The fourth-order valence-electron chi connectivity index (χ4n) is 9.03. The van der Waals surface area contributed by atoms with Gasteiger partial charge in [-0.3, -0.25) is 0 Å². The van der Waals surface area contributed by atoms with Gasteiger partial charge >= 0.3 is 6.18 Å². The van der Waals surface area contributed by atoms with E-state index in [1.54, 1.807) is 31.2 Å². The molecular weight excluding hydrogens is 816 g/mol. The molecule has 0 saturated heterocycles. The Hall–Kier alpha value is -9.40. The molecule has 10 aromatic rings. The normalized spacial score (nSPS) is 11.3. The first-order chi connectivity index (χ1) is 31.5. The van der Waals surface area contributed by atoms with E-state index in [1.165, 1.54) is 18.2 Å². The summed E-state index contributed by atoms with van der Waals surface area (Å²) in [5, 5.41) is 34.7. The second kappa shape index (κ2) is 15.2. The highest BCUT2D eigenvalue weighted by molar-refractivity contribution is 6.12. The van der Waals surface area contributed by atoms with Crippen LogP contribution in [0.4, 0.5) is 24.5 Å². The summed E-state index contributed by atoms with van der Waals surface area (Å²) in [6, 6.07) is 51.5. The summed E-state index contributed by atoms with van der Waals surface area (Å²) in [6.45, 7) is 17.0. The molecule has 0 unspecified atom stereocenters. The molecule has 65 heavy (non-hydrogen) atoms. The monoisotopic (exact) mass is 843 g/mol. The Bertz CT molecular complexity index is 3630. The molecule has 0 fully saturated rings. The molecule has 10 rings (SSSR count). The number of alkyl halides is 3. The van der Waals surface area contributed by atoms with E-state index in [-0.39, 0.29) is 5.56 Å². The summed E-state index contributed by atoms with van der Waals surface area (Å²) in [5.41, 5.74) is 9.00. The van der Waals surface area contributed by atoms with Gasteiger partial charge in [0, 0.05) is 32.7 Å². The molecule has 0 aliphatic carbocycles. The average molecular weight is 844 g/mol. The zero-order valence-electron chi connectivity index (χ0n) is 34.2. The summed E-state index contributed by atoms with van der Waals surface area (Å²) < 4.78 is 46.2. The van der Waals surface area contributed by atoms with Crippen LogP contribution in [0.2, 0.25) is 0 Å². The van der Waals surface area contributed by atoms with Gasteiger partial charge in [0.25, 0.3) is 0 Å². The molecule has 0 amide bonds. The van der Waals surface area contributed by atoms with Crippen molar-refractivity contribution in [3.05, 3.63) is 202 Å². The highest BCUT2D eigenvalue weighted by Crippen LogP contribution is 2.43. The molecule has 0 radical (unpaired) electrons. The molecule has 0 atom stereocenters. The lowest BCUT2D eigenvalue weighted by Crippen LogP contribution is -2.07. The van der Waals surface area contributed by atoms with E-state index in [4.69, 9.17) is 13.1 Å². The molecule has 304 valence electrons. The number of rotatable bonds is 5. The third-order valence-electron chi connectivity index (χ3n) is 11.9. The largest absolute Gasteiger partial charge is 0.416 e. The Kier molecular flexibility index (Phi) is 9.29. The van der Waals surface area contributed by atoms with Crippen LogP contribution in [0.3, 0.4) is 0 Å². The zero-order valence-corrected chi connectivity index (χ0v) is 34.2. The van der Waals surface area contributed by atoms with Crippen molar-refractivity contribution < 1.29 is 13.2 Å². The maximum Gasteiger partial charge on any atom is 0.416 e. The Labute approximate surface area is 370 Å². The van der Waals surface area contributed by atoms with Crippen LogP contribution in [0.15, 0.2) is 152 Å². The number of hydrogen-bond donors (Lipinski definition) is 0. The number of aryl methyl sites for hydroxylation is 1. The first-order valence-corrected chi connectivity index (χ1v) is 20.2. The molecule has 0 aliphatic rings. The fraction of sp³-hybridized carbons (Fsp3) is 0.0364. The van der Waals surface area contributed by atoms with Crippen LogP contribution >= 0.6 is 0 Å². The van der Waals surface area contributed by atoms with Gasteiger partial charge in [-0.25, -0.2) is 9.69 Å². The molecular formula is C55H28F3N7. The van der Waals surface area contributed by atoms with E-state index in [9.17, 15) is 29.0 Å². The summed E-state index contributed by atoms with van der Waals surface area (Å²) >= 11 is 0. The topological polar surface area (TPSA) is 89.9 Å². The van der Waals surface area contributed by atoms with Gasteiger partial charge in [0.05, 0.1) is 64.3 Å². The standard InChI is InChI=1S/C55H28F3N7/c1-32-18-40(55(56,57)58)14-17-43(32)39-27-53(64-49-10-6-4-8-44(49)46-15-12-35(25-51(46)64)37-19-33(29-59)21-41(23-37)62-2)48(31-61)54(28-39)65-50-11-7-5-9-45(50)47-16-13-36(26-52(47)65)38-20-34(30-60)22-42(24-38)63-3/h4-28H,1H3. The average Bonchev–Trinajstić information content (AvgIpc) is 3.84. The van der Waals surface area contributed by atoms with Crippen LogP contribution in [0.1, 0.15) is 27.8 Å². The van der Waals surface area contributed by atoms with Crippen molar-refractivity contribution in [2.24, 2.45) is 0 Å². The molecule has 0 N–H and O–H groups in total. The summed E-state index contributed by atoms with van der Waals surface area (Å²) in [6.07, 6.45) is -4.56. The number of halogens is 3. The Morgan fingerprint density at radius 1 is 0.477 bits per heavy atom. The smallest absolute Gasteiger partial charge is 0.308 e. The Balaban J connectivity index is 1.33. The number of fused-ring (bicyclic) bond motifs is 6. The minimum atomic E-state index is -4.56. The van der Waals surface area contributed by atoms with Crippen molar-refractivity contribution in [1.82, 2.24) is 9.13 Å². The van der Waals surface area contributed by atoms with Gasteiger partial charge in [0.2, 0.25) is 0 Å². The van der Waals surface area contributed by atoms with Gasteiger partial charge in [-0.05, 0) is 131 Å². The lowest BCUT2D eigenvalue weighted by Gasteiger charge is -2.20. The van der Waals surface area contributed by atoms with Gasteiger partial charge in [0.1, 0.15) is 11.6 Å². The highest BCUT2D eigenvalue weighted by Gasteiger charge is 2.31. The predicted molar refractivity (Wildman–Crippen MR) is 248 cm³/mol. The molecule has 2 heterocycles. The lowest BCUT2D eigenvalue weighted by atomic mass is 9.95. The van der Waals surface area contributed by atoms with Gasteiger partial charge in [0.15, 0.2) is 11.4 Å². The summed E-state index contributed by atoms with van der Waals surface area (Å²) in [7, 11) is 0. The number of nitriles is 3. The lowest BCUT2D eigenvalue weighted by molar-refractivity contribution is -0.137. The SMILES string of the molecule is [C-]#[N+]c1cc(C#N)cc(-c2ccc3c4ccccc4n(-c4cc(-c5ccc(C(F)(F)F)cc5C)cc(-n5c6ccccc6c6ccc(-c7cc(C#N)cc([N+]#[C-])c7)cc65)c4C#N)c3c2)c1. The van der Waals surface area contributed by atoms with E-state index in [1.807, 2.05) is 106 Å². The molecule has 2 aromatic heterocycles. The van der Waals surface area contributed by atoms with Crippen molar-refractivity contribution in [1.29, 1.82) is 15.8 Å². The first-order valence-electron chi connectivity index (χ1n) is 20.2. The zero-order chi connectivity index (χ0) is 45.1. The molecule has 7 nitrogen and oxygen atoms in total. The number of aromatic nitrogens is 2. The van der Waals surface area contributed by atoms with Crippen molar-refractivity contribution >= 4 is 55.0 Å². The van der Waals surface area contributed by atoms with Gasteiger partial charge in [-0.15, -0.1) is 0 Å². The van der Waals surface area contributed by atoms with Crippen molar-refractivity contribution in [3.63, 3.8) is 0 Å². The van der Waals surface area contributed by atoms with Crippen LogP contribution in [0, 0.1) is 54.1 Å². The predicted octanol–water partition coefficient (Wildman–Crippen LogP) is 14.9. The van der Waals surface area contributed by atoms with Crippen molar-refractivity contribution in [2.75, 3.05) is 0 Å². The van der Waals surface area contributed by atoms with Gasteiger partial charge in [-0.2, -0.15) is 29.0 Å². The second-order valence-electron chi connectivity index (χ2n) is 15.7. The molecule has 10 heteroatoms. The van der Waals surface area contributed by atoms with Crippen molar-refractivity contribution in [2.45, 2.75) is 13.1 Å². The summed E-state index contributed by atoms with van der Waals surface area (Å²) in [5.74, 6) is 0. The van der Waals surface area contributed by atoms with E-state index in [2.05, 4.69) is 27.9 Å². The maximum absolute atomic E-state index is 14.1. The molecule has 0 bridgehead atoms. The molecule has 0 saturated carbocycles. The van der Waals surface area contributed by atoms with Crippen LogP contribution in [0.25, 0.3) is 98.1 Å². The van der Waals surface area contributed by atoms with Crippen molar-refractivity contribution in [3.8, 4) is 63.0 Å². The number of nitrogens with zero attached hydrogens (tertiary/aromatic N) is 7. The van der Waals surface area contributed by atoms with Gasteiger partial charge < -0.3 is 9.13 Å². The third-order valence-corrected chi connectivity index (χ3v) is 11.9. The Morgan fingerprint density at radius 2 is 0.954 bits per heavy atom. The number of benzene rings is 8. The van der Waals surface area contributed by atoms with Crippen LogP contribution in [-0.2, 0) is 6.18 Å².